The third-order valence-electron chi connectivity index (χ3n) is 11.5. The van der Waals surface area contributed by atoms with E-state index in [-0.39, 0.29) is 71.5 Å². The zero-order chi connectivity index (χ0) is 37.5. The SMILES string of the molecule is COCOc1cc(-c2nc3c4c(nc(OCC56CCCN5CC(F)C6)nc4c2F)N2CC4CCC(C2CO3)N4C(=O)OC(C)(C)C)c2c(F)cccc2c1. The lowest BCUT2D eigenvalue weighted by atomic mass is 9.95. The number of piperazine rings is 1. The molecule has 15 heteroatoms. The van der Waals surface area contributed by atoms with Gasteiger partial charge in [0.05, 0.1) is 23.7 Å². The van der Waals surface area contributed by atoms with Crippen molar-refractivity contribution in [2.45, 2.75) is 88.3 Å². The number of nitrogens with zero attached hydrogens (tertiary/aromatic N) is 6. The standard InChI is InChI=1S/C39H43F3N6O6/c1-38(2,3)54-37(49)48-23-9-10-27(48)28-18-51-35-30-33(31(42)32(43-35)25-14-24(53-20-50-4)13-21-7-5-8-26(41)29(21)25)44-36(45-34(30)47(28)17-23)52-19-39-11-6-12-46(39)16-22(40)15-39/h5,7-8,13-14,22-23,27-28H,6,9-12,15-20H2,1-4H3. The first kappa shape index (κ1) is 35.1. The fourth-order valence-electron chi connectivity index (χ4n) is 9.31. The van der Waals surface area contributed by atoms with Crippen molar-refractivity contribution in [2.75, 3.05) is 51.7 Å². The monoisotopic (exact) mass is 748 g/mol. The number of hydrogen-bond acceptors (Lipinski definition) is 11. The summed E-state index contributed by atoms with van der Waals surface area (Å²) in [6.45, 7) is 7.17. The summed E-state index contributed by atoms with van der Waals surface area (Å²) in [5, 5.41) is 0.862. The summed E-state index contributed by atoms with van der Waals surface area (Å²) in [5.41, 5.74) is -1.35. The minimum atomic E-state index is -0.960. The lowest BCUT2D eigenvalue weighted by Gasteiger charge is -2.46. The molecule has 0 N–H and O–H groups in total. The first-order valence-corrected chi connectivity index (χ1v) is 18.6. The number of fused-ring (bicyclic) bond motifs is 7. The molecule has 7 heterocycles. The molecule has 5 unspecified atom stereocenters. The number of aromatic nitrogens is 3. The van der Waals surface area contributed by atoms with Crippen molar-refractivity contribution in [3.8, 4) is 28.9 Å². The van der Waals surface area contributed by atoms with Gasteiger partial charge in [0.25, 0.3) is 0 Å². The van der Waals surface area contributed by atoms with Crippen LogP contribution in [-0.4, -0.2) is 113 Å². The van der Waals surface area contributed by atoms with Crippen LogP contribution in [-0.2, 0) is 9.47 Å². The van der Waals surface area contributed by atoms with Gasteiger partial charge in [-0.15, -0.1) is 0 Å². The molecule has 5 atom stereocenters. The van der Waals surface area contributed by atoms with Crippen LogP contribution in [0.15, 0.2) is 30.3 Å². The minimum Gasteiger partial charge on any atom is -0.475 e. The van der Waals surface area contributed by atoms with Gasteiger partial charge < -0.3 is 28.6 Å². The van der Waals surface area contributed by atoms with E-state index in [0.29, 0.717) is 42.9 Å². The van der Waals surface area contributed by atoms with Crippen LogP contribution in [0.5, 0.6) is 17.6 Å². The quantitative estimate of drug-likeness (QED) is 0.196. The van der Waals surface area contributed by atoms with E-state index in [9.17, 15) is 9.18 Å². The highest BCUT2D eigenvalue weighted by Gasteiger charge is 2.52. The van der Waals surface area contributed by atoms with Gasteiger partial charge in [-0.1, -0.05) is 12.1 Å². The molecule has 286 valence electrons. The number of benzene rings is 2. The van der Waals surface area contributed by atoms with Gasteiger partial charge in [-0.2, -0.15) is 9.97 Å². The molecule has 5 aliphatic heterocycles. The van der Waals surface area contributed by atoms with Gasteiger partial charge in [0.2, 0.25) is 5.88 Å². The number of pyridine rings is 1. The maximum absolute atomic E-state index is 17.4. The van der Waals surface area contributed by atoms with E-state index in [2.05, 4.69) is 14.8 Å². The van der Waals surface area contributed by atoms with Gasteiger partial charge in [-0.25, -0.2) is 22.9 Å². The third-order valence-corrected chi connectivity index (χ3v) is 11.5. The van der Waals surface area contributed by atoms with E-state index in [1.54, 1.807) is 18.2 Å². The Kier molecular flexibility index (Phi) is 8.45. The molecule has 1 amide bonds. The van der Waals surface area contributed by atoms with Crippen molar-refractivity contribution in [3.63, 3.8) is 0 Å². The first-order chi connectivity index (χ1) is 25.9. The summed E-state index contributed by atoms with van der Waals surface area (Å²) >= 11 is 0. The Labute approximate surface area is 310 Å². The van der Waals surface area contributed by atoms with Crippen molar-refractivity contribution >= 4 is 33.6 Å². The zero-order valence-corrected chi connectivity index (χ0v) is 30.7. The average molecular weight is 749 g/mol. The number of amides is 1. The topological polar surface area (TPSA) is 112 Å². The van der Waals surface area contributed by atoms with E-state index in [1.807, 2.05) is 25.7 Å². The Hall–Kier alpha value is -4.63. The van der Waals surface area contributed by atoms with Crippen LogP contribution in [0.2, 0.25) is 0 Å². The second-order valence-electron chi connectivity index (χ2n) is 16.1. The summed E-state index contributed by atoms with van der Waals surface area (Å²) in [6.07, 6.45) is 2.13. The summed E-state index contributed by atoms with van der Waals surface area (Å²) in [5.74, 6) is -0.626. The second-order valence-corrected chi connectivity index (χ2v) is 16.1. The number of carbonyl (C=O) groups excluding carboxylic acids is 1. The summed E-state index contributed by atoms with van der Waals surface area (Å²) < 4.78 is 77.2. The molecular formula is C39H43F3N6O6. The number of hydrogen-bond donors (Lipinski definition) is 0. The highest BCUT2D eigenvalue weighted by atomic mass is 19.1. The largest absolute Gasteiger partial charge is 0.475 e. The number of rotatable bonds is 7. The molecule has 0 spiro atoms. The number of ether oxygens (including phenoxy) is 5. The van der Waals surface area contributed by atoms with E-state index in [0.717, 1.165) is 25.8 Å². The molecule has 9 rings (SSSR count). The molecule has 2 bridgehead atoms. The van der Waals surface area contributed by atoms with Crippen molar-refractivity contribution in [1.29, 1.82) is 0 Å². The molecule has 4 saturated heterocycles. The van der Waals surface area contributed by atoms with Gasteiger partial charge in [0, 0.05) is 37.6 Å². The van der Waals surface area contributed by atoms with Gasteiger partial charge in [-0.05, 0) is 76.6 Å². The van der Waals surface area contributed by atoms with Crippen LogP contribution >= 0.6 is 0 Å². The molecule has 54 heavy (non-hydrogen) atoms. The van der Waals surface area contributed by atoms with E-state index < -0.39 is 41.1 Å². The van der Waals surface area contributed by atoms with Crippen LogP contribution in [0.25, 0.3) is 32.9 Å². The molecule has 4 fully saturated rings. The number of carbonyl (C=O) groups is 1. The molecule has 0 saturated carbocycles. The van der Waals surface area contributed by atoms with Crippen LogP contribution in [0.1, 0.15) is 52.9 Å². The number of alkyl halides is 1. The molecule has 4 aromatic rings. The predicted molar refractivity (Wildman–Crippen MR) is 193 cm³/mol. The van der Waals surface area contributed by atoms with Crippen molar-refractivity contribution in [1.82, 2.24) is 24.8 Å². The van der Waals surface area contributed by atoms with Crippen LogP contribution in [0.3, 0.4) is 0 Å². The van der Waals surface area contributed by atoms with Gasteiger partial charge in [0.15, 0.2) is 12.6 Å². The molecule has 0 aliphatic carbocycles. The fourth-order valence-corrected chi connectivity index (χ4v) is 9.31. The Morgan fingerprint density at radius 2 is 1.91 bits per heavy atom. The summed E-state index contributed by atoms with van der Waals surface area (Å²) in [6, 6.07) is 6.81. The van der Waals surface area contributed by atoms with Crippen LogP contribution in [0.4, 0.5) is 23.8 Å². The lowest BCUT2D eigenvalue weighted by molar-refractivity contribution is 0.00537. The molecule has 2 aromatic heterocycles. The predicted octanol–water partition coefficient (Wildman–Crippen LogP) is 6.41. The number of halogens is 3. The zero-order valence-electron chi connectivity index (χ0n) is 30.7. The highest BCUT2D eigenvalue weighted by Crippen LogP contribution is 2.47. The van der Waals surface area contributed by atoms with E-state index in [4.69, 9.17) is 33.7 Å². The van der Waals surface area contributed by atoms with Crippen LogP contribution < -0.4 is 19.1 Å². The second kappa shape index (κ2) is 13.0. The van der Waals surface area contributed by atoms with Crippen molar-refractivity contribution < 1.29 is 41.7 Å². The third kappa shape index (κ3) is 5.81. The summed E-state index contributed by atoms with van der Waals surface area (Å²) in [4.78, 5) is 33.8. The van der Waals surface area contributed by atoms with Crippen LogP contribution in [0, 0.1) is 11.6 Å². The van der Waals surface area contributed by atoms with E-state index >= 15 is 8.78 Å². The van der Waals surface area contributed by atoms with Crippen molar-refractivity contribution in [3.05, 3.63) is 42.0 Å². The first-order valence-electron chi connectivity index (χ1n) is 18.6. The highest BCUT2D eigenvalue weighted by molar-refractivity contribution is 6.02. The Morgan fingerprint density at radius 3 is 2.72 bits per heavy atom. The number of anilines is 1. The Bertz CT molecular complexity index is 2150. The average Bonchev–Trinajstić information content (AvgIpc) is 3.73. The van der Waals surface area contributed by atoms with Gasteiger partial charge in [0.1, 0.15) is 59.0 Å². The fraction of sp³-hybridized carbons (Fsp3) is 0.538. The molecule has 5 aliphatic rings. The Morgan fingerprint density at radius 1 is 1.06 bits per heavy atom. The van der Waals surface area contributed by atoms with Gasteiger partial charge >= 0.3 is 12.1 Å². The van der Waals surface area contributed by atoms with E-state index in [1.165, 1.54) is 19.2 Å². The molecule has 2 aromatic carbocycles. The summed E-state index contributed by atoms with van der Waals surface area (Å²) in [7, 11) is 1.48. The Balaban J connectivity index is 1.19. The number of methoxy groups -OCH3 is 1. The molecule has 12 nitrogen and oxygen atoms in total. The molecule has 0 radical (unpaired) electrons. The smallest absolute Gasteiger partial charge is 0.410 e. The normalized spacial score (nSPS) is 26.1. The maximum atomic E-state index is 17.4. The minimum absolute atomic E-state index is 0.0705. The van der Waals surface area contributed by atoms with Crippen molar-refractivity contribution in [2.24, 2.45) is 0 Å². The maximum Gasteiger partial charge on any atom is 0.410 e. The molecular weight excluding hydrogens is 705 g/mol. The van der Waals surface area contributed by atoms with Gasteiger partial charge in [-0.3, -0.25) is 9.80 Å². The lowest BCUT2D eigenvalue weighted by Crippen LogP contribution is -2.63.